The van der Waals surface area contributed by atoms with E-state index in [1.807, 2.05) is 0 Å². The summed E-state index contributed by atoms with van der Waals surface area (Å²) in [5, 5.41) is 0. The van der Waals surface area contributed by atoms with Crippen LogP contribution < -0.4 is 12.3 Å². The summed E-state index contributed by atoms with van der Waals surface area (Å²) in [7, 11) is -4.67. The van der Waals surface area contributed by atoms with Crippen LogP contribution >= 0.6 is 0 Å². The van der Waals surface area contributed by atoms with E-state index in [4.69, 9.17) is 22.3 Å². The standard InChI is InChI=1S/C36H74O.2H3N.H2O4S/c1-5-9-13-17-21-25-29-33-35(31-27-23-19-15-11-7-3)37-36(32-28-24-20-16-12-8-4)34-30-26-22-18-14-10-6-2;;;1-5(2,3)4/h35-36H,5-34H2,1-4H3;2*1H3;(H2,1,2,3,4). The van der Waals surface area contributed by atoms with E-state index in [9.17, 15) is 0 Å². The molecule has 0 rings (SSSR count). The van der Waals surface area contributed by atoms with Gasteiger partial charge in [-0.2, -0.15) is 8.42 Å². The summed E-state index contributed by atoms with van der Waals surface area (Å²) in [5.74, 6) is 0. The van der Waals surface area contributed by atoms with Crippen molar-refractivity contribution in [1.29, 1.82) is 0 Å². The fourth-order valence-electron chi connectivity index (χ4n) is 5.80. The predicted octanol–water partition coefficient (Wildman–Crippen LogP) is 13.2. The minimum absolute atomic E-state index is 0. The molecular weight excluding hydrogens is 572 g/mol. The first-order valence-corrected chi connectivity index (χ1v) is 20.0. The molecule has 0 radical (unpaired) electrons. The first kappa shape index (κ1) is 50.6. The van der Waals surface area contributed by atoms with Crippen LogP contribution in [0.5, 0.6) is 0 Å². The Morgan fingerprint density at radius 3 is 0.727 bits per heavy atom. The second-order valence-corrected chi connectivity index (χ2v) is 13.7. The van der Waals surface area contributed by atoms with Crippen molar-refractivity contribution >= 4 is 10.4 Å². The van der Waals surface area contributed by atoms with Crippen molar-refractivity contribution in [2.24, 2.45) is 0 Å². The van der Waals surface area contributed by atoms with Gasteiger partial charge in [-0.1, -0.05) is 195 Å². The van der Waals surface area contributed by atoms with Crippen LogP contribution in [0.15, 0.2) is 0 Å². The Balaban J connectivity index is -0.00000105. The maximum atomic E-state index is 8.74. The Hall–Kier alpha value is -0.250. The van der Waals surface area contributed by atoms with E-state index < -0.39 is 10.4 Å². The lowest BCUT2D eigenvalue weighted by molar-refractivity contribution is -0.0324. The molecule has 0 aromatic heterocycles. The van der Waals surface area contributed by atoms with E-state index in [-0.39, 0.29) is 12.3 Å². The highest BCUT2D eigenvalue weighted by Gasteiger charge is 2.17. The topological polar surface area (TPSA) is 154 Å². The molecule has 0 aliphatic heterocycles. The summed E-state index contributed by atoms with van der Waals surface area (Å²) >= 11 is 0. The number of ether oxygens (including phenoxy) is 1. The van der Waals surface area contributed by atoms with Crippen molar-refractivity contribution < 1.29 is 22.3 Å². The largest absolute Gasteiger partial charge is 0.394 e. The zero-order chi connectivity index (χ0) is 31.6. The summed E-state index contributed by atoms with van der Waals surface area (Å²) in [6, 6.07) is 0. The van der Waals surface area contributed by atoms with Gasteiger partial charge >= 0.3 is 10.4 Å². The Kier molecular flexibility index (Phi) is 46.9. The molecule has 0 bridgehead atoms. The van der Waals surface area contributed by atoms with Crippen molar-refractivity contribution in [2.75, 3.05) is 0 Å². The number of hydrogen-bond donors (Lipinski definition) is 4. The van der Waals surface area contributed by atoms with Gasteiger partial charge in [0.2, 0.25) is 0 Å². The fraction of sp³-hybridized carbons (Fsp3) is 1.00. The van der Waals surface area contributed by atoms with Gasteiger partial charge in [0.25, 0.3) is 0 Å². The lowest BCUT2D eigenvalue weighted by atomic mass is 9.99. The molecule has 0 fully saturated rings. The normalized spacial score (nSPS) is 12.5. The van der Waals surface area contributed by atoms with Gasteiger partial charge in [0.1, 0.15) is 0 Å². The van der Waals surface area contributed by atoms with E-state index in [2.05, 4.69) is 27.7 Å². The number of rotatable bonds is 32. The Bertz CT molecular complexity index is 563. The van der Waals surface area contributed by atoms with Crippen LogP contribution in [0.4, 0.5) is 0 Å². The van der Waals surface area contributed by atoms with Crippen LogP contribution in [-0.2, 0) is 15.1 Å². The van der Waals surface area contributed by atoms with E-state index in [0.29, 0.717) is 12.2 Å². The molecule has 0 aliphatic rings. The second-order valence-electron chi connectivity index (χ2n) is 12.8. The molecule has 2 atom stereocenters. The summed E-state index contributed by atoms with van der Waals surface area (Å²) in [5.41, 5.74) is 0. The molecule has 44 heavy (non-hydrogen) atoms. The van der Waals surface area contributed by atoms with Gasteiger partial charge < -0.3 is 17.0 Å². The highest BCUT2D eigenvalue weighted by atomic mass is 32.3. The van der Waals surface area contributed by atoms with Crippen LogP contribution in [0.2, 0.25) is 0 Å². The fourth-order valence-corrected chi connectivity index (χ4v) is 5.80. The van der Waals surface area contributed by atoms with Crippen molar-refractivity contribution in [1.82, 2.24) is 12.3 Å². The molecule has 8 heteroatoms. The molecule has 7 nitrogen and oxygen atoms in total. The van der Waals surface area contributed by atoms with Crippen molar-refractivity contribution in [3.63, 3.8) is 0 Å². The van der Waals surface area contributed by atoms with E-state index in [1.54, 1.807) is 0 Å². The molecule has 2 unspecified atom stereocenters. The van der Waals surface area contributed by atoms with Gasteiger partial charge in [0.05, 0.1) is 12.2 Å². The average Bonchev–Trinajstić information content (AvgIpc) is 2.94. The average molecular weight is 655 g/mol. The van der Waals surface area contributed by atoms with Gasteiger partial charge in [-0.15, -0.1) is 0 Å². The maximum absolute atomic E-state index is 8.74. The third-order valence-corrected chi connectivity index (χ3v) is 8.40. The summed E-state index contributed by atoms with van der Waals surface area (Å²) < 4.78 is 38.6. The minimum atomic E-state index is -4.67. The molecule has 0 aromatic rings. The molecule has 0 amide bonds. The summed E-state index contributed by atoms with van der Waals surface area (Å²) in [6.45, 7) is 9.28. The summed E-state index contributed by atoms with van der Waals surface area (Å²) in [6.07, 6.45) is 42.9. The maximum Gasteiger partial charge on any atom is 0.394 e. The van der Waals surface area contributed by atoms with Crippen molar-refractivity contribution in [2.45, 2.75) is 233 Å². The van der Waals surface area contributed by atoms with Gasteiger partial charge in [-0.25, -0.2) is 0 Å². The molecule has 0 saturated heterocycles. The smallest absolute Gasteiger partial charge is 0.375 e. The van der Waals surface area contributed by atoms with Crippen LogP contribution in [0.25, 0.3) is 0 Å². The van der Waals surface area contributed by atoms with Gasteiger partial charge in [0, 0.05) is 0 Å². The Morgan fingerprint density at radius 1 is 0.386 bits per heavy atom. The van der Waals surface area contributed by atoms with Crippen LogP contribution in [0.1, 0.15) is 220 Å². The highest BCUT2D eigenvalue weighted by molar-refractivity contribution is 7.79. The molecule has 272 valence electrons. The quantitative estimate of drug-likeness (QED) is 0.0415. The van der Waals surface area contributed by atoms with E-state index in [0.717, 1.165) is 0 Å². The first-order chi connectivity index (χ1) is 20.3. The SMILES string of the molecule is CCCCCCCCCC(CCCCCCCC)OC(CCCCCCCC)CCCCCCCCC.N.N.O=S(=O)(O)O. The molecule has 0 aromatic carbocycles. The van der Waals surface area contributed by atoms with Crippen LogP contribution in [0.3, 0.4) is 0 Å². The molecule has 0 aliphatic carbocycles. The zero-order valence-corrected chi connectivity index (χ0v) is 31.1. The Labute approximate surface area is 277 Å². The van der Waals surface area contributed by atoms with Crippen LogP contribution in [-0.4, -0.2) is 29.7 Å². The predicted molar refractivity (Wildman–Crippen MR) is 194 cm³/mol. The van der Waals surface area contributed by atoms with Gasteiger partial charge in [-0.05, 0) is 25.7 Å². The molecular formula is C36H82N2O5S. The van der Waals surface area contributed by atoms with Crippen LogP contribution in [0, 0.1) is 0 Å². The van der Waals surface area contributed by atoms with Gasteiger partial charge in [-0.3, -0.25) is 9.11 Å². The zero-order valence-electron chi connectivity index (χ0n) is 30.3. The monoisotopic (exact) mass is 655 g/mol. The Morgan fingerprint density at radius 2 is 0.545 bits per heavy atom. The van der Waals surface area contributed by atoms with Gasteiger partial charge in [0.15, 0.2) is 0 Å². The molecule has 0 spiro atoms. The lowest BCUT2D eigenvalue weighted by Gasteiger charge is -2.26. The number of hydrogen-bond acceptors (Lipinski definition) is 5. The first-order valence-electron chi connectivity index (χ1n) is 18.6. The number of unbranched alkanes of at least 4 members (excludes halogenated alkanes) is 22. The van der Waals surface area contributed by atoms with E-state index >= 15 is 0 Å². The summed E-state index contributed by atoms with van der Waals surface area (Å²) in [4.78, 5) is 0. The molecule has 0 saturated carbocycles. The molecule has 0 heterocycles. The van der Waals surface area contributed by atoms with Crippen molar-refractivity contribution in [3.05, 3.63) is 0 Å². The molecule has 8 N–H and O–H groups in total. The highest BCUT2D eigenvalue weighted by Crippen LogP contribution is 2.23. The minimum Gasteiger partial charge on any atom is -0.375 e. The van der Waals surface area contributed by atoms with Crippen molar-refractivity contribution in [3.8, 4) is 0 Å². The second kappa shape index (κ2) is 40.8. The van der Waals surface area contributed by atoms with E-state index in [1.165, 1.54) is 193 Å². The third kappa shape index (κ3) is 48.6. The third-order valence-electron chi connectivity index (χ3n) is 8.40. The lowest BCUT2D eigenvalue weighted by Crippen LogP contribution is -2.23.